The monoisotopic (exact) mass is 336 g/mol. The van der Waals surface area contributed by atoms with Gasteiger partial charge < -0.3 is 10.6 Å². The maximum absolute atomic E-state index is 12.9. The van der Waals surface area contributed by atoms with Gasteiger partial charge in [0.25, 0.3) is 5.91 Å². The van der Waals surface area contributed by atoms with E-state index in [0.717, 1.165) is 28.1 Å². The molecule has 2 aliphatic rings. The topological polar surface area (TPSA) is 46.3 Å². The van der Waals surface area contributed by atoms with E-state index in [1.54, 1.807) is 0 Å². The molecule has 1 aromatic carbocycles. The highest BCUT2D eigenvalue weighted by Gasteiger charge is 2.38. The first-order valence-corrected chi connectivity index (χ1v) is 8.24. The van der Waals surface area contributed by atoms with Crippen LogP contribution in [0.3, 0.4) is 0 Å². The molecule has 108 valence electrons. The number of hydrogen-bond acceptors (Lipinski definition) is 2. The minimum atomic E-state index is 0.157. The van der Waals surface area contributed by atoms with Crippen molar-refractivity contribution in [3.8, 4) is 0 Å². The highest BCUT2D eigenvalue weighted by molar-refractivity contribution is 9.10. The molecule has 3 rings (SSSR count). The van der Waals surface area contributed by atoms with E-state index < -0.39 is 0 Å². The molecule has 4 heteroatoms. The Kier molecular flexibility index (Phi) is 3.76. The van der Waals surface area contributed by atoms with Crippen LogP contribution in [0.5, 0.6) is 0 Å². The molecular formula is C16H21BrN2O. The maximum atomic E-state index is 12.9. The number of halogens is 1. The van der Waals surface area contributed by atoms with Crippen molar-refractivity contribution in [2.75, 3.05) is 12.3 Å². The number of hydrogen-bond donors (Lipinski definition) is 1. The third kappa shape index (κ3) is 2.34. The van der Waals surface area contributed by atoms with E-state index in [4.69, 9.17) is 5.73 Å². The van der Waals surface area contributed by atoms with Gasteiger partial charge in [0, 0.05) is 28.3 Å². The molecule has 1 amide bonds. The average Bonchev–Trinajstić information content (AvgIpc) is 2.86. The van der Waals surface area contributed by atoms with Gasteiger partial charge in [-0.1, -0.05) is 28.8 Å². The summed E-state index contributed by atoms with van der Waals surface area (Å²) in [6.45, 7) is 2.84. The van der Waals surface area contributed by atoms with E-state index in [-0.39, 0.29) is 5.91 Å². The number of nitrogens with zero attached hydrogens (tertiary/aromatic N) is 1. The molecule has 1 aliphatic carbocycles. The van der Waals surface area contributed by atoms with Gasteiger partial charge in [-0.2, -0.15) is 0 Å². The van der Waals surface area contributed by atoms with Crippen LogP contribution in [0.1, 0.15) is 48.0 Å². The number of rotatable bonds is 1. The first-order valence-electron chi connectivity index (χ1n) is 7.44. The molecule has 1 saturated carbocycles. The number of carbonyl (C=O) groups excluding carboxylic acids is 1. The van der Waals surface area contributed by atoms with Gasteiger partial charge >= 0.3 is 0 Å². The summed E-state index contributed by atoms with van der Waals surface area (Å²) in [6.07, 6.45) is 6.20. The van der Waals surface area contributed by atoms with Crippen LogP contribution in [0.25, 0.3) is 0 Å². The highest BCUT2D eigenvalue weighted by atomic mass is 79.9. The lowest BCUT2D eigenvalue weighted by atomic mass is 9.85. The molecule has 1 saturated heterocycles. The van der Waals surface area contributed by atoms with Crippen LogP contribution < -0.4 is 5.73 Å². The smallest absolute Gasteiger partial charge is 0.254 e. The van der Waals surface area contributed by atoms with Gasteiger partial charge in [0.1, 0.15) is 0 Å². The van der Waals surface area contributed by atoms with Crippen LogP contribution in [-0.2, 0) is 0 Å². The van der Waals surface area contributed by atoms with Gasteiger partial charge in [0.2, 0.25) is 0 Å². The number of amides is 1. The SMILES string of the molecule is Cc1c(N)cc(Br)cc1C(=O)N1CCC2CCCCC21. The Morgan fingerprint density at radius 1 is 1.30 bits per heavy atom. The van der Waals surface area contributed by atoms with Crippen molar-refractivity contribution in [3.05, 3.63) is 27.7 Å². The number of benzene rings is 1. The molecule has 2 N–H and O–H groups in total. The summed E-state index contributed by atoms with van der Waals surface area (Å²) in [4.78, 5) is 15.0. The molecular weight excluding hydrogens is 316 g/mol. The molecule has 0 spiro atoms. The third-order valence-corrected chi connectivity index (χ3v) is 5.37. The van der Waals surface area contributed by atoms with E-state index in [1.807, 2.05) is 19.1 Å². The number of likely N-dealkylation sites (tertiary alicyclic amines) is 1. The van der Waals surface area contributed by atoms with Crippen LogP contribution in [0.4, 0.5) is 5.69 Å². The Morgan fingerprint density at radius 3 is 2.85 bits per heavy atom. The van der Waals surface area contributed by atoms with E-state index >= 15 is 0 Å². The predicted molar refractivity (Wildman–Crippen MR) is 84.7 cm³/mol. The third-order valence-electron chi connectivity index (χ3n) is 4.91. The second-order valence-corrected chi connectivity index (χ2v) is 6.98. The Bertz CT molecular complexity index is 544. The van der Waals surface area contributed by atoms with Crippen LogP contribution in [-0.4, -0.2) is 23.4 Å². The summed E-state index contributed by atoms with van der Waals surface area (Å²) in [7, 11) is 0. The lowest BCUT2D eigenvalue weighted by Crippen LogP contribution is -2.39. The van der Waals surface area contributed by atoms with Crippen molar-refractivity contribution in [2.24, 2.45) is 5.92 Å². The quantitative estimate of drug-likeness (QED) is 0.794. The highest BCUT2D eigenvalue weighted by Crippen LogP contribution is 2.37. The van der Waals surface area contributed by atoms with E-state index in [0.29, 0.717) is 11.7 Å². The Balaban J connectivity index is 1.89. The molecule has 0 bridgehead atoms. The Morgan fingerprint density at radius 2 is 2.05 bits per heavy atom. The van der Waals surface area contributed by atoms with Crippen LogP contribution in [0, 0.1) is 12.8 Å². The molecule has 2 fully saturated rings. The lowest BCUT2D eigenvalue weighted by Gasteiger charge is -2.32. The van der Waals surface area contributed by atoms with Gasteiger partial charge in [-0.15, -0.1) is 0 Å². The van der Waals surface area contributed by atoms with Gasteiger partial charge in [-0.25, -0.2) is 0 Å². The van der Waals surface area contributed by atoms with Crippen LogP contribution in [0.15, 0.2) is 16.6 Å². The molecule has 20 heavy (non-hydrogen) atoms. The lowest BCUT2D eigenvalue weighted by molar-refractivity contribution is 0.0689. The minimum absolute atomic E-state index is 0.157. The average molecular weight is 337 g/mol. The second-order valence-electron chi connectivity index (χ2n) is 6.07. The normalized spacial score (nSPS) is 25.6. The molecule has 0 aromatic heterocycles. The van der Waals surface area contributed by atoms with Crippen molar-refractivity contribution in [1.29, 1.82) is 0 Å². The van der Waals surface area contributed by atoms with Crippen molar-refractivity contribution < 1.29 is 4.79 Å². The zero-order valence-corrected chi connectivity index (χ0v) is 13.4. The number of nitrogen functional groups attached to an aromatic ring is 1. The van der Waals surface area contributed by atoms with Gasteiger partial charge in [-0.05, 0) is 49.8 Å². The van der Waals surface area contributed by atoms with E-state index in [1.165, 1.54) is 32.1 Å². The molecule has 2 unspecified atom stereocenters. The van der Waals surface area contributed by atoms with Gasteiger partial charge in [0.05, 0.1) is 0 Å². The van der Waals surface area contributed by atoms with E-state index in [2.05, 4.69) is 20.8 Å². The largest absolute Gasteiger partial charge is 0.398 e. The van der Waals surface area contributed by atoms with Gasteiger partial charge in [0.15, 0.2) is 0 Å². The fourth-order valence-electron chi connectivity index (χ4n) is 3.73. The summed E-state index contributed by atoms with van der Waals surface area (Å²) < 4.78 is 0.878. The Hall–Kier alpha value is -1.03. The fraction of sp³-hybridized carbons (Fsp3) is 0.562. The summed E-state index contributed by atoms with van der Waals surface area (Å²) in [6, 6.07) is 4.22. The van der Waals surface area contributed by atoms with Crippen LogP contribution >= 0.6 is 15.9 Å². The summed E-state index contributed by atoms with van der Waals surface area (Å²) >= 11 is 3.44. The van der Waals surface area contributed by atoms with Crippen molar-refractivity contribution in [1.82, 2.24) is 4.90 Å². The summed E-state index contributed by atoms with van der Waals surface area (Å²) in [5.74, 6) is 0.877. The van der Waals surface area contributed by atoms with Crippen molar-refractivity contribution in [2.45, 2.75) is 45.1 Å². The fourth-order valence-corrected chi connectivity index (χ4v) is 4.21. The molecule has 1 aromatic rings. The van der Waals surface area contributed by atoms with Gasteiger partial charge in [-0.3, -0.25) is 4.79 Å². The number of anilines is 1. The first kappa shape index (κ1) is 13.9. The second kappa shape index (κ2) is 5.40. The molecule has 0 radical (unpaired) electrons. The van der Waals surface area contributed by atoms with Crippen LogP contribution in [0.2, 0.25) is 0 Å². The molecule has 1 heterocycles. The summed E-state index contributed by atoms with van der Waals surface area (Å²) in [5, 5.41) is 0. The predicted octanol–water partition coefficient (Wildman–Crippen LogP) is 3.74. The summed E-state index contributed by atoms with van der Waals surface area (Å²) in [5.41, 5.74) is 8.32. The molecule has 2 atom stereocenters. The minimum Gasteiger partial charge on any atom is -0.398 e. The van der Waals surface area contributed by atoms with E-state index in [9.17, 15) is 4.79 Å². The number of nitrogens with two attached hydrogens (primary N) is 1. The first-order chi connectivity index (χ1) is 9.58. The Labute approximate surface area is 128 Å². The number of carbonyl (C=O) groups is 1. The van der Waals surface area contributed by atoms with Crippen molar-refractivity contribution >= 4 is 27.5 Å². The standard InChI is InChI=1S/C16H21BrN2O/c1-10-13(8-12(17)9-14(10)18)16(20)19-7-6-11-4-2-3-5-15(11)19/h8-9,11,15H,2-7,18H2,1H3. The van der Waals surface area contributed by atoms with Crippen molar-refractivity contribution in [3.63, 3.8) is 0 Å². The maximum Gasteiger partial charge on any atom is 0.254 e. The molecule has 3 nitrogen and oxygen atoms in total. The zero-order valence-electron chi connectivity index (χ0n) is 11.9. The molecule has 1 aliphatic heterocycles. The zero-order chi connectivity index (χ0) is 14.3. The number of fused-ring (bicyclic) bond motifs is 1.